The molecule has 0 aliphatic carbocycles. The molecule has 1 heterocycles. The van der Waals surface area contributed by atoms with Gasteiger partial charge in [0.05, 0.1) is 17.6 Å². The van der Waals surface area contributed by atoms with Crippen LogP contribution in [-0.2, 0) is 11.3 Å². The molecule has 0 unspecified atom stereocenters. The van der Waals surface area contributed by atoms with Crippen LogP contribution >= 0.6 is 0 Å². The summed E-state index contributed by atoms with van der Waals surface area (Å²) in [7, 11) is 0. The topological polar surface area (TPSA) is 57.3 Å². The van der Waals surface area contributed by atoms with Crippen LogP contribution in [0.5, 0.6) is 0 Å². The fourth-order valence-electron chi connectivity index (χ4n) is 1.96. The van der Waals surface area contributed by atoms with E-state index in [4.69, 9.17) is 4.74 Å². The number of para-hydroxylation sites is 1. The molecule has 0 fully saturated rings. The lowest BCUT2D eigenvalue weighted by Gasteiger charge is -2.09. The minimum absolute atomic E-state index is 0.141. The van der Waals surface area contributed by atoms with Crippen molar-refractivity contribution >= 4 is 16.6 Å². The Kier molecular flexibility index (Phi) is 3.62. The molecule has 5 heteroatoms. The second-order valence-electron chi connectivity index (χ2n) is 4.40. The number of nitro benzene ring substituents is 1. The van der Waals surface area contributed by atoms with Crippen molar-refractivity contribution in [1.29, 1.82) is 0 Å². The predicted molar refractivity (Wildman–Crippen MR) is 69.7 cm³/mol. The standard InChI is InChI=1S/C13H16N2O3/c1-10(2)18-9-8-14-7-6-11-4-3-5-12(13(11)14)15(16)17/h3-7,10H,8-9H2,1-2H3. The molecule has 0 aliphatic heterocycles. The molecule has 0 aliphatic rings. The Morgan fingerprint density at radius 3 is 2.83 bits per heavy atom. The van der Waals surface area contributed by atoms with Crippen molar-refractivity contribution in [2.45, 2.75) is 26.5 Å². The number of benzene rings is 1. The van der Waals surface area contributed by atoms with Crippen LogP contribution in [0, 0.1) is 10.1 Å². The molecule has 0 spiro atoms. The number of ether oxygens (including phenoxy) is 1. The number of fused-ring (bicyclic) bond motifs is 1. The second-order valence-corrected chi connectivity index (χ2v) is 4.40. The molecule has 1 aromatic carbocycles. The zero-order valence-corrected chi connectivity index (χ0v) is 10.5. The smallest absolute Gasteiger partial charge is 0.293 e. The van der Waals surface area contributed by atoms with Crippen LogP contribution in [-0.4, -0.2) is 22.2 Å². The fourth-order valence-corrected chi connectivity index (χ4v) is 1.96. The molecular weight excluding hydrogens is 232 g/mol. The van der Waals surface area contributed by atoms with Gasteiger partial charge < -0.3 is 9.30 Å². The SMILES string of the molecule is CC(C)OCCn1ccc2cccc([N+](=O)[O-])c21. The number of nitro groups is 1. The molecule has 18 heavy (non-hydrogen) atoms. The van der Waals surface area contributed by atoms with E-state index in [-0.39, 0.29) is 16.7 Å². The molecule has 5 nitrogen and oxygen atoms in total. The average molecular weight is 248 g/mol. The summed E-state index contributed by atoms with van der Waals surface area (Å²) >= 11 is 0. The van der Waals surface area contributed by atoms with Crippen LogP contribution in [0.25, 0.3) is 10.9 Å². The highest BCUT2D eigenvalue weighted by Gasteiger charge is 2.14. The van der Waals surface area contributed by atoms with Gasteiger partial charge in [0.1, 0.15) is 5.52 Å². The Labute approximate surface area is 105 Å². The Balaban J connectivity index is 2.30. The van der Waals surface area contributed by atoms with Gasteiger partial charge in [-0.3, -0.25) is 10.1 Å². The Hall–Kier alpha value is -1.88. The summed E-state index contributed by atoms with van der Waals surface area (Å²) in [6.07, 6.45) is 2.03. The van der Waals surface area contributed by atoms with Gasteiger partial charge in [-0.2, -0.15) is 0 Å². The highest BCUT2D eigenvalue weighted by molar-refractivity contribution is 5.88. The van der Waals surface area contributed by atoms with Crippen LogP contribution in [0.15, 0.2) is 30.5 Å². The summed E-state index contributed by atoms with van der Waals surface area (Å²) in [5.74, 6) is 0. The van der Waals surface area contributed by atoms with E-state index in [9.17, 15) is 10.1 Å². The van der Waals surface area contributed by atoms with Crippen molar-refractivity contribution < 1.29 is 9.66 Å². The molecule has 2 rings (SSSR count). The summed E-state index contributed by atoms with van der Waals surface area (Å²) in [4.78, 5) is 10.7. The first-order valence-electron chi connectivity index (χ1n) is 5.93. The lowest BCUT2D eigenvalue weighted by molar-refractivity contribution is -0.383. The zero-order valence-electron chi connectivity index (χ0n) is 10.5. The molecule has 1 aromatic heterocycles. The second kappa shape index (κ2) is 5.18. The maximum atomic E-state index is 11.0. The van der Waals surface area contributed by atoms with Gasteiger partial charge in [0.15, 0.2) is 0 Å². The molecule has 0 N–H and O–H groups in total. The summed E-state index contributed by atoms with van der Waals surface area (Å²) in [6.45, 7) is 5.10. The van der Waals surface area contributed by atoms with Crippen LogP contribution < -0.4 is 0 Å². The molecule has 0 bridgehead atoms. The molecule has 0 atom stereocenters. The van der Waals surface area contributed by atoms with Crippen LogP contribution in [0.2, 0.25) is 0 Å². The van der Waals surface area contributed by atoms with Crippen molar-refractivity contribution in [3.05, 3.63) is 40.6 Å². The van der Waals surface area contributed by atoms with Gasteiger partial charge in [-0.05, 0) is 19.9 Å². The van der Waals surface area contributed by atoms with Gasteiger partial charge >= 0.3 is 0 Å². The maximum absolute atomic E-state index is 11.0. The van der Waals surface area contributed by atoms with Gasteiger partial charge in [-0.25, -0.2) is 0 Å². The minimum atomic E-state index is -0.345. The largest absolute Gasteiger partial charge is 0.377 e. The van der Waals surface area contributed by atoms with Crippen LogP contribution in [0.1, 0.15) is 13.8 Å². The highest BCUT2D eigenvalue weighted by Crippen LogP contribution is 2.26. The van der Waals surface area contributed by atoms with E-state index in [0.717, 1.165) is 5.39 Å². The van der Waals surface area contributed by atoms with Gasteiger partial charge in [0.2, 0.25) is 0 Å². The summed E-state index contributed by atoms with van der Waals surface area (Å²) in [6, 6.07) is 7.00. The molecule has 0 radical (unpaired) electrons. The lowest BCUT2D eigenvalue weighted by Crippen LogP contribution is -2.10. The Morgan fingerprint density at radius 2 is 2.17 bits per heavy atom. The first kappa shape index (κ1) is 12.6. The van der Waals surface area contributed by atoms with Crippen molar-refractivity contribution in [1.82, 2.24) is 4.57 Å². The monoisotopic (exact) mass is 248 g/mol. The Morgan fingerprint density at radius 1 is 1.39 bits per heavy atom. The van der Waals surface area contributed by atoms with Crippen molar-refractivity contribution in [3.63, 3.8) is 0 Å². The van der Waals surface area contributed by atoms with E-state index >= 15 is 0 Å². The number of hydrogen-bond acceptors (Lipinski definition) is 3. The lowest BCUT2D eigenvalue weighted by atomic mass is 10.2. The quantitative estimate of drug-likeness (QED) is 0.603. The highest BCUT2D eigenvalue weighted by atomic mass is 16.6. The van der Waals surface area contributed by atoms with Crippen molar-refractivity contribution in [3.8, 4) is 0 Å². The summed E-state index contributed by atoms with van der Waals surface area (Å²) < 4.78 is 7.34. The summed E-state index contributed by atoms with van der Waals surface area (Å²) in [5.41, 5.74) is 0.803. The first-order chi connectivity index (χ1) is 8.59. The van der Waals surface area contributed by atoms with E-state index in [2.05, 4.69) is 0 Å². The van der Waals surface area contributed by atoms with E-state index < -0.39 is 0 Å². The Bertz CT molecular complexity index is 560. The van der Waals surface area contributed by atoms with E-state index in [1.165, 1.54) is 6.07 Å². The maximum Gasteiger partial charge on any atom is 0.293 e. The van der Waals surface area contributed by atoms with Crippen LogP contribution in [0.4, 0.5) is 5.69 Å². The first-order valence-corrected chi connectivity index (χ1v) is 5.93. The average Bonchev–Trinajstić information content (AvgIpc) is 2.72. The number of hydrogen-bond donors (Lipinski definition) is 0. The number of rotatable bonds is 5. The van der Waals surface area contributed by atoms with Gasteiger partial charge in [-0.15, -0.1) is 0 Å². The van der Waals surface area contributed by atoms with Gasteiger partial charge in [-0.1, -0.05) is 12.1 Å². The van der Waals surface area contributed by atoms with E-state index in [0.29, 0.717) is 18.7 Å². The summed E-state index contributed by atoms with van der Waals surface area (Å²) in [5, 5.41) is 11.9. The molecule has 2 aromatic rings. The molecule has 0 saturated heterocycles. The fraction of sp³-hybridized carbons (Fsp3) is 0.385. The number of aromatic nitrogens is 1. The molecule has 96 valence electrons. The molecule has 0 amide bonds. The van der Waals surface area contributed by atoms with Gasteiger partial charge in [0, 0.05) is 24.2 Å². The predicted octanol–water partition coefficient (Wildman–Crippen LogP) is 2.97. The normalized spacial score (nSPS) is 11.3. The third kappa shape index (κ3) is 2.51. The number of non-ortho nitro benzene ring substituents is 1. The number of nitrogens with zero attached hydrogens (tertiary/aromatic N) is 2. The van der Waals surface area contributed by atoms with Crippen LogP contribution in [0.3, 0.4) is 0 Å². The zero-order chi connectivity index (χ0) is 13.1. The minimum Gasteiger partial charge on any atom is -0.377 e. The third-order valence-electron chi connectivity index (χ3n) is 2.75. The van der Waals surface area contributed by atoms with Gasteiger partial charge in [0.25, 0.3) is 5.69 Å². The molecular formula is C13H16N2O3. The van der Waals surface area contributed by atoms with Crippen molar-refractivity contribution in [2.24, 2.45) is 0 Å². The van der Waals surface area contributed by atoms with E-state index in [1.807, 2.05) is 36.7 Å². The van der Waals surface area contributed by atoms with Crippen molar-refractivity contribution in [2.75, 3.05) is 6.61 Å². The van der Waals surface area contributed by atoms with E-state index in [1.54, 1.807) is 6.07 Å². The third-order valence-corrected chi connectivity index (χ3v) is 2.75. The molecule has 0 saturated carbocycles.